The Hall–Kier alpha value is -2.40. The number of rotatable bonds is 5. The van der Waals surface area contributed by atoms with Crippen molar-refractivity contribution < 1.29 is 14.7 Å². The average molecular weight is 373 g/mol. The Morgan fingerprint density at radius 3 is 2.69 bits per heavy atom. The molecule has 1 aromatic heterocycles. The lowest BCUT2D eigenvalue weighted by Crippen LogP contribution is -2.42. The number of carboxylic acid groups (broad SMARTS) is 1. The second kappa shape index (κ2) is 7.87. The van der Waals surface area contributed by atoms with Gasteiger partial charge in [-0.3, -0.25) is 9.69 Å². The van der Waals surface area contributed by atoms with Gasteiger partial charge in [0.05, 0.1) is 5.56 Å². The van der Waals surface area contributed by atoms with E-state index in [9.17, 15) is 9.59 Å². The van der Waals surface area contributed by atoms with E-state index in [4.69, 9.17) is 16.7 Å². The highest BCUT2D eigenvalue weighted by molar-refractivity contribution is 6.30. The van der Waals surface area contributed by atoms with Gasteiger partial charge in [-0.1, -0.05) is 37.1 Å². The molecule has 2 atom stereocenters. The standard InChI is InChI=1S/C20H21ClN2O3/c1-2-19(24)23(18-10-9-14(12-22-18)20(25)26)17-8-4-7-16(17)13-5-3-6-15(21)11-13/h3,5-6,9-12,16-17H,2,4,7-8H2,1H3,(H,25,26). The van der Waals surface area contributed by atoms with Crippen LogP contribution in [0.15, 0.2) is 42.6 Å². The van der Waals surface area contributed by atoms with E-state index < -0.39 is 5.97 Å². The lowest BCUT2D eigenvalue weighted by atomic mass is 9.92. The summed E-state index contributed by atoms with van der Waals surface area (Å²) >= 11 is 6.16. The summed E-state index contributed by atoms with van der Waals surface area (Å²) in [5.74, 6) is -0.361. The van der Waals surface area contributed by atoms with Gasteiger partial charge in [-0.2, -0.15) is 0 Å². The van der Waals surface area contributed by atoms with Crippen LogP contribution < -0.4 is 4.90 Å². The molecule has 1 amide bonds. The number of carboxylic acids is 1. The van der Waals surface area contributed by atoms with Crippen LogP contribution in [0.3, 0.4) is 0 Å². The lowest BCUT2D eigenvalue weighted by molar-refractivity contribution is -0.118. The topological polar surface area (TPSA) is 70.5 Å². The Balaban J connectivity index is 1.96. The summed E-state index contributed by atoms with van der Waals surface area (Å²) in [5, 5.41) is 9.75. The number of aromatic nitrogens is 1. The number of hydrogen-bond acceptors (Lipinski definition) is 3. The van der Waals surface area contributed by atoms with E-state index in [-0.39, 0.29) is 23.4 Å². The van der Waals surface area contributed by atoms with Crippen molar-refractivity contribution in [3.63, 3.8) is 0 Å². The molecule has 3 rings (SSSR count). The van der Waals surface area contributed by atoms with Gasteiger partial charge >= 0.3 is 5.97 Å². The van der Waals surface area contributed by atoms with Crippen LogP contribution in [0.5, 0.6) is 0 Å². The molecule has 5 nitrogen and oxygen atoms in total. The molecule has 6 heteroatoms. The van der Waals surface area contributed by atoms with E-state index in [1.165, 1.54) is 12.3 Å². The molecule has 2 aromatic rings. The highest BCUT2D eigenvalue weighted by Gasteiger charge is 2.36. The molecule has 26 heavy (non-hydrogen) atoms. The van der Waals surface area contributed by atoms with E-state index in [1.807, 2.05) is 31.2 Å². The van der Waals surface area contributed by atoms with Crippen molar-refractivity contribution in [2.75, 3.05) is 4.90 Å². The van der Waals surface area contributed by atoms with Crippen molar-refractivity contribution in [2.45, 2.75) is 44.6 Å². The number of carbonyl (C=O) groups is 2. The van der Waals surface area contributed by atoms with Gasteiger partial charge in [-0.05, 0) is 42.7 Å². The Bertz CT molecular complexity index is 807. The van der Waals surface area contributed by atoms with Gasteiger partial charge in [-0.25, -0.2) is 9.78 Å². The number of carbonyl (C=O) groups excluding carboxylic acids is 1. The van der Waals surface area contributed by atoms with E-state index >= 15 is 0 Å². The molecule has 1 saturated carbocycles. The Morgan fingerprint density at radius 1 is 1.27 bits per heavy atom. The molecule has 1 fully saturated rings. The minimum absolute atomic E-state index is 0.0101. The number of amides is 1. The zero-order valence-electron chi connectivity index (χ0n) is 14.6. The predicted octanol–water partition coefficient (Wildman–Crippen LogP) is 4.51. The molecule has 0 bridgehead atoms. The largest absolute Gasteiger partial charge is 0.478 e. The van der Waals surface area contributed by atoms with Crippen LogP contribution in [0.25, 0.3) is 0 Å². The number of aromatic carboxylic acids is 1. The second-order valence-electron chi connectivity index (χ2n) is 6.49. The SMILES string of the molecule is CCC(=O)N(c1ccc(C(=O)O)cn1)C1CCCC1c1cccc(Cl)c1. The van der Waals surface area contributed by atoms with Crippen molar-refractivity contribution in [3.05, 3.63) is 58.7 Å². The highest BCUT2D eigenvalue weighted by atomic mass is 35.5. The Morgan fingerprint density at radius 2 is 2.08 bits per heavy atom. The molecular formula is C20H21ClN2O3. The number of hydrogen-bond donors (Lipinski definition) is 1. The number of nitrogens with zero attached hydrogens (tertiary/aromatic N) is 2. The molecule has 1 heterocycles. The molecule has 1 aliphatic carbocycles. The minimum Gasteiger partial charge on any atom is -0.478 e. The van der Waals surface area contributed by atoms with Crippen molar-refractivity contribution >= 4 is 29.3 Å². The molecule has 0 spiro atoms. The van der Waals surface area contributed by atoms with Crippen LogP contribution in [-0.2, 0) is 4.79 Å². The van der Waals surface area contributed by atoms with Gasteiger partial charge < -0.3 is 5.11 Å². The van der Waals surface area contributed by atoms with Crippen LogP contribution in [0.4, 0.5) is 5.82 Å². The summed E-state index contributed by atoms with van der Waals surface area (Å²) in [4.78, 5) is 29.8. The molecule has 1 N–H and O–H groups in total. The quantitative estimate of drug-likeness (QED) is 0.838. The number of anilines is 1. The summed E-state index contributed by atoms with van der Waals surface area (Å²) in [6, 6.07) is 10.9. The van der Waals surface area contributed by atoms with E-state index in [1.54, 1.807) is 11.0 Å². The fourth-order valence-electron chi connectivity index (χ4n) is 3.68. The van der Waals surface area contributed by atoms with Crippen molar-refractivity contribution in [1.82, 2.24) is 4.98 Å². The molecule has 136 valence electrons. The summed E-state index contributed by atoms with van der Waals surface area (Å²) in [7, 11) is 0. The molecular weight excluding hydrogens is 352 g/mol. The first-order chi connectivity index (χ1) is 12.5. The molecule has 0 radical (unpaired) electrons. The zero-order valence-corrected chi connectivity index (χ0v) is 15.3. The Labute approximate surface area is 157 Å². The van der Waals surface area contributed by atoms with Crippen molar-refractivity contribution in [3.8, 4) is 0 Å². The highest BCUT2D eigenvalue weighted by Crippen LogP contribution is 2.40. The van der Waals surface area contributed by atoms with Crippen LogP contribution in [-0.4, -0.2) is 28.0 Å². The fraction of sp³-hybridized carbons (Fsp3) is 0.350. The number of pyridine rings is 1. The maximum Gasteiger partial charge on any atom is 0.337 e. The van der Waals surface area contributed by atoms with Gasteiger partial charge in [0.1, 0.15) is 5.82 Å². The summed E-state index contributed by atoms with van der Waals surface area (Å²) < 4.78 is 0. The number of benzene rings is 1. The first-order valence-electron chi connectivity index (χ1n) is 8.78. The predicted molar refractivity (Wildman–Crippen MR) is 101 cm³/mol. The molecule has 2 unspecified atom stereocenters. The third-order valence-electron chi connectivity index (χ3n) is 4.90. The third kappa shape index (κ3) is 3.73. The summed E-state index contributed by atoms with van der Waals surface area (Å²) in [5.41, 5.74) is 1.23. The first kappa shape index (κ1) is 18.4. The molecule has 0 saturated heterocycles. The second-order valence-corrected chi connectivity index (χ2v) is 6.92. The molecule has 0 aliphatic heterocycles. The molecule has 1 aromatic carbocycles. The van der Waals surface area contributed by atoms with Crippen molar-refractivity contribution in [1.29, 1.82) is 0 Å². The van der Waals surface area contributed by atoms with E-state index in [0.29, 0.717) is 17.3 Å². The minimum atomic E-state index is -1.03. The maximum absolute atomic E-state index is 12.7. The normalized spacial score (nSPS) is 19.3. The summed E-state index contributed by atoms with van der Waals surface area (Å²) in [6.07, 6.45) is 4.54. The van der Waals surface area contributed by atoms with Gasteiger partial charge in [0.2, 0.25) is 5.91 Å². The third-order valence-corrected chi connectivity index (χ3v) is 5.14. The van der Waals surface area contributed by atoms with Crippen LogP contribution in [0.2, 0.25) is 5.02 Å². The number of halogens is 1. The smallest absolute Gasteiger partial charge is 0.337 e. The summed E-state index contributed by atoms with van der Waals surface area (Å²) in [6.45, 7) is 1.82. The van der Waals surface area contributed by atoms with Crippen LogP contribution in [0, 0.1) is 0 Å². The van der Waals surface area contributed by atoms with E-state index in [0.717, 1.165) is 24.8 Å². The van der Waals surface area contributed by atoms with Gasteiger partial charge in [0.15, 0.2) is 0 Å². The maximum atomic E-state index is 12.7. The van der Waals surface area contributed by atoms with Gasteiger partial charge in [-0.15, -0.1) is 0 Å². The molecule has 1 aliphatic rings. The average Bonchev–Trinajstić information content (AvgIpc) is 3.11. The lowest BCUT2D eigenvalue weighted by Gasteiger charge is -2.32. The fourth-order valence-corrected chi connectivity index (χ4v) is 3.88. The Kier molecular flexibility index (Phi) is 5.57. The van der Waals surface area contributed by atoms with E-state index in [2.05, 4.69) is 4.98 Å². The van der Waals surface area contributed by atoms with Crippen molar-refractivity contribution in [2.24, 2.45) is 0 Å². The van der Waals surface area contributed by atoms with Gasteiger partial charge in [0.25, 0.3) is 0 Å². The zero-order chi connectivity index (χ0) is 18.7. The van der Waals surface area contributed by atoms with Gasteiger partial charge in [0, 0.05) is 29.6 Å². The first-order valence-corrected chi connectivity index (χ1v) is 9.16. The van der Waals surface area contributed by atoms with Crippen LogP contribution >= 0.6 is 11.6 Å². The van der Waals surface area contributed by atoms with Crippen LogP contribution in [0.1, 0.15) is 54.4 Å². The monoisotopic (exact) mass is 372 g/mol.